The summed E-state index contributed by atoms with van der Waals surface area (Å²) in [5, 5.41) is 0. The molecule has 1 rings (SSSR count). The first-order valence-electron chi connectivity index (χ1n) is 6.94. The third kappa shape index (κ3) is 7.17. The van der Waals surface area contributed by atoms with Crippen LogP contribution in [0.2, 0.25) is 0 Å². The molecule has 1 nitrogen and oxygen atoms in total. The predicted molar refractivity (Wildman–Crippen MR) is 75.1 cm³/mol. The van der Waals surface area contributed by atoms with Crippen LogP contribution in [0.15, 0.2) is 37.0 Å². The maximum absolute atomic E-state index is 5.63. The Balaban J connectivity index is 1.93. The summed E-state index contributed by atoms with van der Waals surface area (Å²) in [6.45, 7) is 5.90. The number of hydrogen-bond acceptors (Lipinski definition) is 1. The maximum atomic E-state index is 5.63. The van der Waals surface area contributed by atoms with Crippen LogP contribution < -0.4 is 0 Å². The molecule has 0 unspecified atom stereocenters. The highest BCUT2D eigenvalue weighted by Gasteiger charge is 2.36. The SMILES string of the molecule is C=CCCCC[C@H]1O[C@@H]1CC=CCC=CCC. The van der Waals surface area contributed by atoms with E-state index in [1.807, 2.05) is 6.08 Å². The summed E-state index contributed by atoms with van der Waals surface area (Å²) in [7, 11) is 0. The van der Waals surface area contributed by atoms with Crippen molar-refractivity contribution in [2.24, 2.45) is 0 Å². The summed E-state index contributed by atoms with van der Waals surface area (Å²) < 4.78 is 5.63. The van der Waals surface area contributed by atoms with Gasteiger partial charge in [0.05, 0.1) is 12.2 Å². The maximum Gasteiger partial charge on any atom is 0.0876 e. The van der Waals surface area contributed by atoms with Gasteiger partial charge >= 0.3 is 0 Å². The summed E-state index contributed by atoms with van der Waals surface area (Å²) in [6, 6.07) is 0. The second-order valence-corrected chi connectivity index (χ2v) is 4.61. The molecule has 1 saturated heterocycles. The minimum atomic E-state index is 0.505. The normalized spacial score (nSPS) is 23.6. The van der Waals surface area contributed by atoms with Crippen molar-refractivity contribution >= 4 is 0 Å². The van der Waals surface area contributed by atoms with E-state index in [-0.39, 0.29) is 0 Å². The number of unbranched alkanes of at least 4 members (excludes halogenated alkanes) is 2. The highest BCUT2D eigenvalue weighted by molar-refractivity contribution is 4.97. The van der Waals surface area contributed by atoms with E-state index in [0.717, 1.165) is 25.7 Å². The van der Waals surface area contributed by atoms with E-state index in [1.165, 1.54) is 19.3 Å². The summed E-state index contributed by atoms with van der Waals surface area (Å²) in [5.74, 6) is 0. The molecule has 0 amide bonds. The summed E-state index contributed by atoms with van der Waals surface area (Å²) in [4.78, 5) is 0. The van der Waals surface area contributed by atoms with Crippen molar-refractivity contribution in [3.63, 3.8) is 0 Å². The van der Waals surface area contributed by atoms with E-state index >= 15 is 0 Å². The summed E-state index contributed by atoms with van der Waals surface area (Å²) in [6.07, 6.45) is 20.1. The Morgan fingerprint density at radius 1 is 1.06 bits per heavy atom. The summed E-state index contributed by atoms with van der Waals surface area (Å²) >= 11 is 0. The van der Waals surface area contributed by atoms with Gasteiger partial charge in [-0.25, -0.2) is 0 Å². The van der Waals surface area contributed by atoms with Gasteiger partial charge in [0.2, 0.25) is 0 Å². The van der Waals surface area contributed by atoms with Crippen LogP contribution in [-0.2, 0) is 4.74 Å². The zero-order valence-electron chi connectivity index (χ0n) is 11.1. The van der Waals surface area contributed by atoms with Gasteiger partial charge in [-0.3, -0.25) is 0 Å². The van der Waals surface area contributed by atoms with Crippen molar-refractivity contribution in [3.8, 4) is 0 Å². The Morgan fingerprint density at radius 2 is 1.88 bits per heavy atom. The molecule has 0 aromatic heterocycles. The number of hydrogen-bond donors (Lipinski definition) is 0. The third-order valence-corrected chi connectivity index (χ3v) is 3.04. The van der Waals surface area contributed by atoms with E-state index in [1.54, 1.807) is 0 Å². The van der Waals surface area contributed by atoms with Crippen LogP contribution in [0.25, 0.3) is 0 Å². The second-order valence-electron chi connectivity index (χ2n) is 4.61. The Hall–Kier alpha value is -0.820. The fraction of sp³-hybridized carbons (Fsp3) is 0.625. The van der Waals surface area contributed by atoms with Gasteiger partial charge in [0.15, 0.2) is 0 Å². The monoisotopic (exact) mass is 234 g/mol. The van der Waals surface area contributed by atoms with E-state index in [9.17, 15) is 0 Å². The van der Waals surface area contributed by atoms with Crippen LogP contribution >= 0.6 is 0 Å². The van der Waals surface area contributed by atoms with Crippen molar-refractivity contribution in [1.29, 1.82) is 0 Å². The molecule has 0 radical (unpaired) electrons. The highest BCUT2D eigenvalue weighted by atomic mass is 16.6. The molecule has 0 aromatic carbocycles. The molecule has 96 valence electrons. The third-order valence-electron chi connectivity index (χ3n) is 3.04. The molecule has 17 heavy (non-hydrogen) atoms. The molecular weight excluding hydrogens is 208 g/mol. The lowest BCUT2D eigenvalue weighted by Crippen LogP contribution is -1.92. The number of epoxide rings is 1. The van der Waals surface area contributed by atoms with Gasteiger partial charge in [-0.05, 0) is 38.5 Å². The number of rotatable bonds is 10. The Bertz CT molecular complexity index is 252. The highest BCUT2D eigenvalue weighted by Crippen LogP contribution is 2.30. The lowest BCUT2D eigenvalue weighted by Gasteiger charge is -1.93. The van der Waals surface area contributed by atoms with Crippen LogP contribution in [0.4, 0.5) is 0 Å². The molecule has 0 N–H and O–H groups in total. The van der Waals surface area contributed by atoms with Gasteiger partial charge in [-0.2, -0.15) is 0 Å². The van der Waals surface area contributed by atoms with E-state index in [4.69, 9.17) is 4.74 Å². The summed E-state index contributed by atoms with van der Waals surface area (Å²) in [5.41, 5.74) is 0. The topological polar surface area (TPSA) is 12.5 Å². The van der Waals surface area contributed by atoms with Crippen LogP contribution in [0.5, 0.6) is 0 Å². The second kappa shape index (κ2) is 9.23. The predicted octanol–water partition coefficient (Wildman–Crippen LogP) is 4.80. The van der Waals surface area contributed by atoms with Gasteiger partial charge in [0.1, 0.15) is 0 Å². The van der Waals surface area contributed by atoms with Crippen molar-refractivity contribution in [3.05, 3.63) is 37.0 Å². The van der Waals surface area contributed by atoms with Crippen LogP contribution in [0.3, 0.4) is 0 Å². The van der Waals surface area contributed by atoms with Gasteiger partial charge in [-0.15, -0.1) is 6.58 Å². The smallest absolute Gasteiger partial charge is 0.0876 e. The molecule has 2 atom stereocenters. The molecule has 1 heteroatoms. The molecule has 1 aliphatic heterocycles. The standard InChI is InChI=1S/C16H26O/c1-3-5-7-9-10-12-14-16-15(17-16)13-11-8-6-4-2/h4-5,7,10,12,15-16H,2-3,6,8-9,11,13-14H2,1H3/t15-,16-/m1/s1. The minimum Gasteiger partial charge on any atom is -0.369 e. The van der Waals surface area contributed by atoms with Crippen molar-refractivity contribution in [1.82, 2.24) is 0 Å². The fourth-order valence-electron chi connectivity index (χ4n) is 1.94. The lowest BCUT2D eigenvalue weighted by atomic mass is 10.1. The van der Waals surface area contributed by atoms with Gasteiger partial charge in [-0.1, -0.05) is 43.7 Å². The van der Waals surface area contributed by atoms with Crippen LogP contribution in [-0.4, -0.2) is 12.2 Å². The Labute approximate surface area is 106 Å². The van der Waals surface area contributed by atoms with Crippen molar-refractivity contribution in [2.45, 2.75) is 64.1 Å². The van der Waals surface area contributed by atoms with Crippen LogP contribution in [0, 0.1) is 0 Å². The van der Waals surface area contributed by atoms with E-state index in [2.05, 4.69) is 37.8 Å². The molecular formula is C16H26O. The zero-order chi connectivity index (χ0) is 12.3. The fourth-order valence-corrected chi connectivity index (χ4v) is 1.94. The minimum absolute atomic E-state index is 0.505. The molecule has 0 saturated carbocycles. The van der Waals surface area contributed by atoms with Gasteiger partial charge in [0.25, 0.3) is 0 Å². The van der Waals surface area contributed by atoms with Crippen molar-refractivity contribution in [2.75, 3.05) is 0 Å². The molecule has 1 heterocycles. The molecule has 1 aliphatic rings. The lowest BCUT2D eigenvalue weighted by molar-refractivity contribution is 0.359. The Kier molecular flexibility index (Phi) is 7.74. The molecule has 0 aliphatic carbocycles. The molecule has 0 bridgehead atoms. The largest absolute Gasteiger partial charge is 0.369 e. The number of ether oxygens (including phenoxy) is 1. The first kappa shape index (κ1) is 14.2. The van der Waals surface area contributed by atoms with E-state index in [0.29, 0.717) is 12.2 Å². The zero-order valence-corrected chi connectivity index (χ0v) is 11.1. The van der Waals surface area contributed by atoms with Gasteiger partial charge in [0, 0.05) is 0 Å². The van der Waals surface area contributed by atoms with Crippen molar-refractivity contribution < 1.29 is 4.74 Å². The molecule has 1 fully saturated rings. The first-order chi connectivity index (χ1) is 8.38. The van der Waals surface area contributed by atoms with Crippen LogP contribution in [0.1, 0.15) is 51.9 Å². The molecule has 0 spiro atoms. The van der Waals surface area contributed by atoms with Gasteiger partial charge < -0.3 is 4.74 Å². The first-order valence-corrected chi connectivity index (χ1v) is 6.94. The Morgan fingerprint density at radius 3 is 2.65 bits per heavy atom. The average molecular weight is 234 g/mol. The number of allylic oxidation sites excluding steroid dienone is 4. The average Bonchev–Trinajstić information content (AvgIpc) is 3.08. The van der Waals surface area contributed by atoms with E-state index < -0.39 is 0 Å². The molecule has 0 aromatic rings. The quantitative estimate of drug-likeness (QED) is 0.300.